The van der Waals surface area contributed by atoms with Gasteiger partial charge in [0, 0.05) is 40.8 Å². The Morgan fingerprint density at radius 2 is 1.82 bits per heavy atom. The Labute approximate surface area is 231 Å². The summed E-state index contributed by atoms with van der Waals surface area (Å²) in [6.07, 6.45) is 2.44. The fourth-order valence-corrected chi connectivity index (χ4v) is 4.92. The Kier molecular flexibility index (Phi) is 11.2. The summed E-state index contributed by atoms with van der Waals surface area (Å²) in [6.45, 7) is 2.90. The van der Waals surface area contributed by atoms with E-state index >= 15 is 0 Å². The summed E-state index contributed by atoms with van der Waals surface area (Å²) in [5, 5.41) is 14.6. The van der Waals surface area contributed by atoms with Crippen LogP contribution < -0.4 is 14.4 Å². The Balaban J connectivity index is 2.53. The number of nitrogens with zero attached hydrogens (tertiary/aromatic N) is 3. The predicted molar refractivity (Wildman–Crippen MR) is 146 cm³/mol. The first-order valence-electron chi connectivity index (χ1n) is 11.6. The zero-order valence-corrected chi connectivity index (χ0v) is 23.8. The van der Waals surface area contributed by atoms with Gasteiger partial charge < -0.3 is 15.0 Å². The number of ether oxygens (including phenoxy) is 1. The first kappa shape index (κ1) is 31.1. The smallest absolute Gasteiger partial charge is 0.271 e. The number of methoxy groups -OCH3 is 1. The lowest BCUT2D eigenvalue weighted by Crippen LogP contribution is -2.51. The number of nitro benzene ring substituents is 1. The van der Waals surface area contributed by atoms with E-state index in [-0.39, 0.29) is 28.0 Å². The SMILES string of the molecule is CCCCNC(=O)[C@H](C)N(Cc1c(Cl)cccc1Cl)C(=O)CN(c1cc([N+](=O)[O-])ccc1OC)S(C)(=O)=O. The molecule has 2 rings (SSSR count). The van der Waals surface area contributed by atoms with Crippen molar-refractivity contribution in [1.29, 1.82) is 0 Å². The number of amides is 2. The molecule has 0 unspecified atom stereocenters. The molecule has 1 N–H and O–H groups in total. The van der Waals surface area contributed by atoms with E-state index in [0.29, 0.717) is 16.4 Å². The summed E-state index contributed by atoms with van der Waals surface area (Å²) in [5.74, 6) is -1.22. The van der Waals surface area contributed by atoms with Crippen molar-refractivity contribution in [3.8, 4) is 5.75 Å². The molecule has 0 radical (unpaired) electrons. The second kappa shape index (κ2) is 13.6. The molecule has 0 heterocycles. The molecule has 0 saturated heterocycles. The lowest BCUT2D eigenvalue weighted by molar-refractivity contribution is -0.384. The number of nitro groups is 1. The molecule has 0 fully saturated rings. The summed E-state index contributed by atoms with van der Waals surface area (Å²) < 4.78 is 31.5. The topological polar surface area (TPSA) is 139 Å². The fourth-order valence-electron chi connectivity index (χ4n) is 3.55. The van der Waals surface area contributed by atoms with Crippen LogP contribution in [0, 0.1) is 10.1 Å². The van der Waals surface area contributed by atoms with Gasteiger partial charge in [0.2, 0.25) is 21.8 Å². The van der Waals surface area contributed by atoms with Crippen LogP contribution in [0.1, 0.15) is 32.3 Å². The molecule has 0 saturated carbocycles. The number of hydrogen-bond donors (Lipinski definition) is 1. The Morgan fingerprint density at radius 3 is 2.34 bits per heavy atom. The molecule has 38 heavy (non-hydrogen) atoms. The van der Waals surface area contributed by atoms with Crippen molar-refractivity contribution in [2.75, 3.05) is 30.8 Å². The van der Waals surface area contributed by atoms with E-state index in [4.69, 9.17) is 27.9 Å². The minimum atomic E-state index is -4.14. The van der Waals surface area contributed by atoms with E-state index in [1.807, 2.05) is 6.92 Å². The van der Waals surface area contributed by atoms with Crippen LogP contribution in [-0.4, -0.2) is 62.6 Å². The highest BCUT2D eigenvalue weighted by Crippen LogP contribution is 2.34. The van der Waals surface area contributed by atoms with E-state index in [0.717, 1.165) is 36.1 Å². The van der Waals surface area contributed by atoms with Crippen molar-refractivity contribution >= 4 is 56.4 Å². The van der Waals surface area contributed by atoms with Gasteiger partial charge in [-0.1, -0.05) is 42.6 Å². The minimum Gasteiger partial charge on any atom is -0.495 e. The average Bonchev–Trinajstić information content (AvgIpc) is 2.85. The zero-order valence-electron chi connectivity index (χ0n) is 21.4. The molecular weight excluding hydrogens is 559 g/mol. The molecule has 1 atom stereocenters. The van der Waals surface area contributed by atoms with Gasteiger partial charge in [-0.15, -0.1) is 0 Å². The monoisotopic (exact) mass is 588 g/mol. The number of hydrogen-bond acceptors (Lipinski definition) is 7. The van der Waals surface area contributed by atoms with Gasteiger partial charge in [0.25, 0.3) is 5.69 Å². The highest BCUT2D eigenvalue weighted by atomic mass is 35.5. The molecule has 14 heteroatoms. The number of anilines is 1. The standard InChI is InChI=1S/C24H30Cl2N4O7S/c1-5-6-12-27-24(32)16(2)28(14-18-19(25)8-7-9-20(18)26)23(31)15-29(38(4,35)36)21-13-17(30(33)34)10-11-22(21)37-3/h7-11,13,16H,5-6,12,14-15H2,1-4H3,(H,27,32)/t16-/m0/s1. The Morgan fingerprint density at radius 1 is 1.18 bits per heavy atom. The Hall–Kier alpha value is -3.09. The predicted octanol–water partition coefficient (Wildman–Crippen LogP) is 4.01. The summed E-state index contributed by atoms with van der Waals surface area (Å²) >= 11 is 12.6. The van der Waals surface area contributed by atoms with Gasteiger partial charge in [0.1, 0.15) is 24.0 Å². The van der Waals surface area contributed by atoms with Crippen molar-refractivity contribution in [3.63, 3.8) is 0 Å². The van der Waals surface area contributed by atoms with Crippen LogP contribution in [0.15, 0.2) is 36.4 Å². The van der Waals surface area contributed by atoms with E-state index in [9.17, 15) is 28.1 Å². The highest BCUT2D eigenvalue weighted by molar-refractivity contribution is 7.92. The van der Waals surface area contributed by atoms with Crippen LogP contribution in [0.4, 0.5) is 11.4 Å². The van der Waals surface area contributed by atoms with Crippen molar-refractivity contribution < 1.29 is 27.7 Å². The maximum atomic E-state index is 13.7. The van der Waals surface area contributed by atoms with Crippen molar-refractivity contribution in [3.05, 3.63) is 62.1 Å². The zero-order chi connectivity index (χ0) is 28.6. The summed E-state index contributed by atoms with van der Waals surface area (Å²) in [6, 6.07) is 7.15. The summed E-state index contributed by atoms with van der Waals surface area (Å²) in [4.78, 5) is 38.4. The number of non-ortho nitro benzene ring substituents is 1. The highest BCUT2D eigenvalue weighted by Gasteiger charge is 2.32. The van der Waals surface area contributed by atoms with Crippen molar-refractivity contribution in [1.82, 2.24) is 10.2 Å². The molecule has 0 aromatic heterocycles. The number of rotatable bonds is 13. The van der Waals surface area contributed by atoms with Crippen LogP contribution in [0.2, 0.25) is 10.0 Å². The molecular formula is C24H30Cl2N4O7S. The van der Waals surface area contributed by atoms with Gasteiger partial charge in [-0.05, 0) is 31.5 Å². The maximum Gasteiger partial charge on any atom is 0.271 e. The van der Waals surface area contributed by atoms with Gasteiger partial charge in [-0.2, -0.15) is 0 Å². The van der Waals surface area contributed by atoms with Crippen molar-refractivity contribution in [2.24, 2.45) is 0 Å². The molecule has 2 amide bonds. The number of carbonyl (C=O) groups is 2. The van der Waals surface area contributed by atoms with Gasteiger partial charge in [-0.25, -0.2) is 8.42 Å². The summed E-state index contributed by atoms with van der Waals surface area (Å²) in [7, 11) is -2.88. The van der Waals surface area contributed by atoms with Crippen LogP contribution in [0.5, 0.6) is 5.75 Å². The quantitative estimate of drug-likeness (QED) is 0.212. The largest absolute Gasteiger partial charge is 0.495 e. The van der Waals surface area contributed by atoms with E-state index in [1.54, 1.807) is 18.2 Å². The third kappa shape index (κ3) is 7.95. The van der Waals surface area contributed by atoms with Crippen molar-refractivity contribution in [2.45, 2.75) is 39.3 Å². The second-order valence-corrected chi connectivity index (χ2v) is 11.1. The molecule has 2 aromatic rings. The van der Waals surface area contributed by atoms with E-state index in [1.165, 1.54) is 20.1 Å². The number of benzene rings is 2. The molecule has 0 bridgehead atoms. The van der Waals surface area contributed by atoms with E-state index in [2.05, 4.69) is 5.32 Å². The molecule has 11 nitrogen and oxygen atoms in total. The van der Waals surface area contributed by atoms with Crippen LogP contribution >= 0.6 is 23.2 Å². The number of halogens is 2. The molecule has 0 aliphatic carbocycles. The van der Waals surface area contributed by atoms with E-state index < -0.39 is 45.0 Å². The molecule has 0 aliphatic rings. The molecule has 208 valence electrons. The number of nitrogens with one attached hydrogen (secondary N) is 1. The van der Waals surface area contributed by atoms with Crippen LogP contribution in [0.25, 0.3) is 0 Å². The fraction of sp³-hybridized carbons (Fsp3) is 0.417. The molecule has 0 spiro atoms. The number of unbranched alkanes of at least 4 members (excludes halogenated alkanes) is 1. The third-order valence-electron chi connectivity index (χ3n) is 5.71. The van der Waals surface area contributed by atoms with Gasteiger partial charge in [0.05, 0.1) is 18.3 Å². The first-order valence-corrected chi connectivity index (χ1v) is 14.2. The maximum absolute atomic E-state index is 13.7. The lowest BCUT2D eigenvalue weighted by Gasteiger charge is -2.32. The lowest BCUT2D eigenvalue weighted by atomic mass is 10.1. The van der Waals surface area contributed by atoms with Crippen LogP contribution in [-0.2, 0) is 26.2 Å². The second-order valence-electron chi connectivity index (χ2n) is 8.43. The minimum absolute atomic E-state index is 0.000111. The number of sulfonamides is 1. The average molecular weight is 589 g/mol. The van der Waals surface area contributed by atoms with Crippen LogP contribution in [0.3, 0.4) is 0 Å². The normalized spacial score (nSPS) is 11.9. The first-order chi connectivity index (χ1) is 17.8. The van der Waals surface area contributed by atoms with Gasteiger partial charge >= 0.3 is 0 Å². The molecule has 0 aliphatic heterocycles. The van der Waals surface area contributed by atoms with Gasteiger partial charge in [-0.3, -0.25) is 24.0 Å². The Bertz CT molecular complexity index is 1270. The summed E-state index contributed by atoms with van der Waals surface area (Å²) in [5.41, 5.74) is -0.227. The van der Waals surface area contributed by atoms with Gasteiger partial charge in [0.15, 0.2) is 0 Å². The third-order valence-corrected chi connectivity index (χ3v) is 7.54. The molecule has 2 aromatic carbocycles. The number of carbonyl (C=O) groups excluding carboxylic acids is 2.